The molecule has 2 heterocycles. The van der Waals surface area contributed by atoms with Crippen molar-refractivity contribution >= 4 is 16.8 Å². The van der Waals surface area contributed by atoms with Gasteiger partial charge in [-0.2, -0.15) is 0 Å². The van der Waals surface area contributed by atoms with Gasteiger partial charge in [0.05, 0.1) is 17.2 Å². The van der Waals surface area contributed by atoms with Crippen LogP contribution >= 0.6 is 0 Å². The van der Waals surface area contributed by atoms with E-state index in [2.05, 4.69) is 20.3 Å². The summed E-state index contributed by atoms with van der Waals surface area (Å²) in [7, 11) is 0. The topological polar surface area (TPSA) is 97.0 Å². The number of pyridine rings is 1. The summed E-state index contributed by atoms with van der Waals surface area (Å²) in [5, 5.41) is 3.21. The van der Waals surface area contributed by atoms with E-state index in [1.165, 1.54) is 12.4 Å². The maximum Gasteiger partial charge on any atom is 0.258 e. The molecular weight excluding hydrogens is 380 g/mol. The Kier molecular flexibility index (Phi) is 5.26. The van der Waals surface area contributed by atoms with Gasteiger partial charge in [-0.05, 0) is 54.8 Å². The standard InChI is InChI=1S/C23H20N4O3/c1-14-3-4-15(2)20(9-14)30-21-8-5-16(11-24-21)12-25-22(28)17-6-7-19-18(10-17)23(29)27-13-26-19/h3-11,13H,12H2,1-2H3,(H,25,28)(H,26,27,29). The number of hydrogen-bond acceptors (Lipinski definition) is 5. The Morgan fingerprint density at radius 1 is 1.07 bits per heavy atom. The van der Waals surface area contributed by atoms with Gasteiger partial charge in [0.15, 0.2) is 0 Å². The molecule has 4 rings (SSSR count). The van der Waals surface area contributed by atoms with E-state index in [1.807, 2.05) is 38.1 Å². The number of hydrogen-bond donors (Lipinski definition) is 2. The van der Waals surface area contributed by atoms with Crippen molar-refractivity contribution in [3.05, 3.63) is 93.7 Å². The number of nitrogens with zero attached hydrogens (tertiary/aromatic N) is 2. The summed E-state index contributed by atoms with van der Waals surface area (Å²) in [5.41, 5.74) is 3.63. The Hall–Kier alpha value is -4.00. The molecule has 4 aromatic rings. The van der Waals surface area contributed by atoms with Gasteiger partial charge < -0.3 is 15.0 Å². The number of H-pyrrole nitrogens is 1. The van der Waals surface area contributed by atoms with Crippen LogP contribution in [0.15, 0.2) is 65.8 Å². The van der Waals surface area contributed by atoms with Crippen LogP contribution in [-0.4, -0.2) is 20.9 Å². The van der Waals surface area contributed by atoms with Gasteiger partial charge in [0.25, 0.3) is 11.5 Å². The molecule has 2 aromatic carbocycles. The Balaban J connectivity index is 1.41. The average molecular weight is 400 g/mol. The van der Waals surface area contributed by atoms with Crippen molar-refractivity contribution in [2.24, 2.45) is 0 Å². The van der Waals surface area contributed by atoms with E-state index >= 15 is 0 Å². The number of amides is 1. The van der Waals surface area contributed by atoms with Gasteiger partial charge >= 0.3 is 0 Å². The number of ether oxygens (including phenoxy) is 1. The third-order valence-electron chi connectivity index (χ3n) is 4.71. The normalized spacial score (nSPS) is 10.7. The molecule has 0 bridgehead atoms. The first kappa shape index (κ1) is 19.3. The van der Waals surface area contributed by atoms with Crippen LogP contribution in [0.25, 0.3) is 10.9 Å². The van der Waals surface area contributed by atoms with Crippen LogP contribution in [0, 0.1) is 13.8 Å². The van der Waals surface area contributed by atoms with Crippen molar-refractivity contribution in [1.82, 2.24) is 20.3 Å². The highest BCUT2D eigenvalue weighted by atomic mass is 16.5. The lowest BCUT2D eigenvalue weighted by atomic mass is 10.1. The first-order valence-electron chi connectivity index (χ1n) is 9.45. The highest BCUT2D eigenvalue weighted by Gasteiger charge is 2.09. The predicted octanol–water partition coefficient (Wildman–Crippen LogP) is 3.66. The molecule has 0 aliphatic carbocycles. The summed E-state index contributed by atoms with van der Waals surface area (Å²) in [6.45, 7) is 4.29. The molecular formula is C23H20N4O3. The quantitative estimate of drug-likeness (QED) is 0.533. The van der Waals surface area contributed by atoms with Crippen LogP contribution in [0.5, 0.6) is 11.6 Å². The van der Waals surface area contributed by atoms with Crippen LogP contribution in [0.2, 0.25) is 0 Å². The zero-order chi connectivity index (χ0) is 21.1. The van der Waals surface area contributed by atoms with Gasteiger partial charge in [-0.1, -0.05) is 18.2 Å². The van der Waals surface area contributed by atoms with Crippen molar-refractivity contribution in [3.63, 3.8) is 0 Å². The van der Waals surface area contributed by atoms with Crippen LogP contribution in [-0.2, 0) is 6.54 Å². The molecule has 0 aliphatic heterocycles. The summed E-state index contributed by atoms with van der Waals surface area (Å²) >= 11 is 0. The summed E-state index contributed by atoms with van der Waals surface area (Å²) in [6.07, 6.45) is 3.00. The third-order valence-corrected chi connectivity index (χ3v) is 4.71. The second kappa shape index (κ2) is 8.16. The van der Waals surface area contributed by atoms with Crippen molar-refractivity contribution < 1.29 is 9.53 Å². The zero-order valence-electron chi connectivity index (χ0n) is 16.6. The Labute approximate surface area is 172 Å². The van der Waals surface area contributed by atoms with Gasteiger partial charge in [0.1, 0.15) is 5.75 Å². The van der Waals surface area contributed by atoms with Gasteiger partial charge in [0.2, 0.25) is 5.88 Å². The Bertz CT molecular complexity index is 1280. The van der Waals surface area contributed by atoms with E-state index in [0.717, 1.165) is 22.4 Å². The average Bonchev–Trinajstić information content (AvgIpc) is 2.75. The van der Waals surface area contributed by atoms with Gasteiger partial charge in [0, 0.05) is 24.4 Å². The first-order chi connectivity index (χ1) is 14.5. The van der Waals surface area contributed by atoms with Gasteiger partial charge in [-0.3, -0.25) is 9.59 Å². The summed E-state index contributed by atoms with van der Waals surface area (Å²) in [4.78, 5) is 35.3. The number of rotatable bonds is 5. The molecule has 0 saturated heterocycles. The molecule has 0 unspecified atom stereocenters. The number of carbonyl (C=O) groups excluding carboxylic acids is 1. The number of aromatic amines is 1. The van der Waals surface area contributed by atoms with E-state index in [0.29, 0.717) is 28.9 Å². The summed E-state index contributed by atoms with van der Waals surface area (Å²) < 4.78 is 5.86. The van der Waals surface area contributed by atoms with Crippen molar-refractivity contribution in [2.45, 2.75) is 20.4 Å². The lowest BCUT2D eigenvalue weighted by Gasteiger charge is -2.10. The smallest absolute Gasteiger partial charge is 0.258 e. The number of aryl methyl sites for hydroxylation is 2. The number of carbonyl (C=O) groups is 1. The van der Waals surface area contributed by atoms with E-state index < -0.39 is 0 Å². The number of benzene rings is 2. The van der Waals surface area contributed by atoms with Gasteiger partial charge in [-0.15, -0.1) is 0 Å². The first-order valence-corrected chi connectivity index (χ1v) is 9.45. The lowest BCUT2D eigenvalue weighted by molar-refractivity contribution is 0.0951. The van der Waals surface area contributed by atoms with E-state index in [9.17, 15) is 9.59 Å². The molecule has 2 N–H and O–H groups in total. The molecule has 150 valence electrons. The Morgan fingerprint density at radius 3 is 2.73 bits per heavy atom. The number of fused-ring (bicyclic) bond motifs is 1. The fraction of sp³-hybridized carbons (Fsp3) is 0.130. The molecule has 0 fully saturated rings. The highest BCUT2D eigenvalue weighted by Crippen LogP contribution is 2.24. The molecule has 7 heteroatoms. The van der Waals surface area contributed by atoms with E-state index in [1.54, 1.807) is 24.4 Å². The monoisotopic (exact) mass is 400 g/mol. The molecule has 0 saturated carbocycles. The summed E-state index contributed by atoms with van der Waals surface area (Å²) in [5.74, 6) is 0.972. The van der Waals surface area contributed by atoms with Crippen LogP contribution in [0.4, 0.5) is 0 Å². The predicted molar refractivity (Wildman–Crippen MR) is 114 cm³/mol. The van der Waals surface area contributed by atoms with Crippen LogP contribution < -0.4 is 15.6 Å². The number of aromatic nitrogens is 3. The molecule has 0 spiro atoms. The van der Waals surface area contributed by atoms with Crippen molar-refractivity contribution in [1.29, 1.82) is 0 Å². The second-order valence-corrected chi connectivity index (χ2v) is 7.02. The number of nitrogens with one attached hydrogen (secondary N) is 2. The Morgan fingerprint density at radius 2 is 1.93 bits per heavy atom. The molecule has 7 nitrogen and oxygen atoms in total. The minimum Gasteiger partial charge on any atom is -0.439 e. The molecule has 30 heavy (non-hydrogen) atoms. The van der Waals surface area contributed by atoms with E-state index in [4.69, 9.17) is 4.74 Å². The zero-order valence-corrected chi connectivity index (χ0v) is 16.6. The third kappa shape index (κ3) is 4.20. The van der Waals surface area contributed by atoms with Crippen LogP contribution in [0.3, 0.4) is 0 Å². The fourth-order valence-electron chi connectivity index (χ4n) is 3.00. The molecule has 1 amide bonds. The lowest BCUT2D eigenvalue weighted by Crippen LogP contribution is -2.23. The fourth-order valence-corrected chi connectivity index (χ4v) is 3.00. The van der Waals surface area contributed by atoms with Gasteiger partial charge in [-0.25, -0.2) is 9.97 Å². The largest absolute Gasteiger partial charge is 0.439 e. The maximum atomic E-state index is 12.5. The summed E-state index contributed by atoms with van der Waals surface area (Å²) in [6, 6.07) is 14.5. The highest BCUT2D eigenvalue weighted by molar-refractivity contribution is 5.97. The maximum absolute atomic E-state index is 12.5. The SMILES string of the molecule is Cc1ccc(C)c(Oc2ccc(CNC(=O)c3ccc4nc[nH]c(=O)c4c3)cn2)c1. The minimum atomic E-state index is -0.282. The molecule has 0 radical (unpaired) electrons. The second-order valence-electron chi connectivity index (χ2n) is 7.02. The van der Waals surface area contributed by atoms with Crippen molar-refractivity contribution in [3.8, 4) is 11.6 Å². The van der Waals surface area contributed by atoms with Crippen LogP contribution in [0.1, 0.15) is 27.0 Å². The van der Waals surface area contributed by atoms with E-state index in [-0.39, 0.29) is 11.5 Å². The molecule has 0 aliphatic rings. The van der Waals surface area contributed by atoms with Crippen molar-refractivity contribution in [2.75, 3.05) is 0 Å². The molecule has 0 atom stereocenters. The minimum absolute atomic E-state index is 0.279. The molecule has 2 aromatic heterocycles.